The SMILES string of the molecule is CC(NC(=O)[C@@H]1CC=CC[C@@H]1C(=O)O)c1ccccc1Cl. The quantitative estimate of drug-likeness (QED) is 0.840. The number of benzene rings is 1. The lowest BCUT2D eigenvalue weighted by Gasteiger charge is -2.26. The Hall–Kier alpha value is -1.81. The second kappa shape index (κ2) is 6.76. The number of hydrogen-bond acceptors (Lipinski definition) is 2. The summed E-state index contributed by atoms with van der Waals surface area (Å²) in [5.41, 5.74) is 0.825. The molecule has 1 aliphatic rings. The monoisotopic (exact) mass is 307 g/mol. The Bertz CT molecular complexity index is 570. The number of carboxylic acids is 1. The first kappa shape index (κ1) is 15.6. The van der Waals surface area contributed by atoms with Crippen molar-refractivity contribution in [2.75, 3.05) is 0 Å². The largest absolute Gasteiger partial charge is 0.481 e. The Balaban J connectivity index is 2.08. The maximum atomic E-state index is 12.4. The van der Waals surface area contributed by atoms with Gasteiger partial charge in [-0.2, -0.15) is 0 Å². The van der Waals surface area contributed by atoms with Gasteiger partial charge >= 0.3 is 5.97 Å². The van der Waals surface area contributed by atoms with Crippen LogP contribution in [0.5, 0.6) is 0 Å². The van der Waals surface area contributed by atoms with Gasteiger partial charge in [0, 0.05) is 5.02 Å². The van der Waals surface area contributed by atoms with Crippen LogP contribution in [0.15, 0.2) is 36.4 Å². The zero-order valence-corrected chi connectivity index (χ0v) is 12.5. The minimum atomic E-state index is -0.926. The number of nitrogens with one attached hydrogen (secondary N) is 1. The highest BCUT2D eigenvalue weighted by atomic mass is 35.5. The van der Waals surface area contributed by atoms with Crippen molar-refractivity contribution in [1.29, 1.82) is 0 Å². The molecule has 0 aliphatic heterocycles. The summed E-state index contributed by atoms with van der Waals surface area (Å²) >= 11 is 6.11. The van der Waals surface area contributed by atoms with Crippen molar-refractivity contribution in [3.05, 3.63) is 47.0 Å². The molecule has 0 saturated heterocycles. The molecule has 21 heavy (non-hydrogen) atoms. The average Bonchev–Trinajstić information content (AvgIpc) is 2.47. The van der Waals surface area contributed by atoms with Gasteiger partial charge in [0.1, 0.15) is 0 Å². The van der Waals surface area contributed by atoms with Crippen LogP contribution in [0.4, 0.5) is 0 Å². The summed E-state index contributed by atoms with van der Waals surface area (Å²) in [6.45, 7) is 1.84. The molecule has 0 fully saturated rings. The second-order valence-corrected chi connectivity index (χ2v) is 5.65. The van der Waals surface area contributed by atoms with E-state index in [9.17, 15) is 14.7 Å². The zero-order chi connectivity index (χ0) is 15.4. The Morgan fingerprint density at radius 2 is 1.86 bits per heavy atom. The van der Waals surface area contributed by atoms with Gasteiger partial charge in [-0.05, 0) is 31.4 Å². The van der Waals surface area contributed by atoms with Crippen LogP contribution < -0.4 is 5.32 Å². The number of carbonyl (C=O) groups excluding carboxylic acids is 1. The molecule has 0 heterocycles. The highest BCUT2D eigenvalue weighted by Crippen LogP contribution is 2.28. The number of rotatable bonds is 4. The van der Waals surface area contributed by atoms with E-state index in [4.69, 9.17) is 11.6 Å². The first-order chi connectivity index (χ1) is 10.0. The lowest BCUT2D eigenvalue weighted by Crippen LogP contribution is -2.39. The van der Waals surface area contributed by atoms with Crippen LogP contribution >= 0.6 is 11.6 Å². The van der Waals surface area contributed by atoms with E-state index in [1.54, 1.807) is 6.07 Å². The second-order valence-electron chi connectivity index (χ2n) is 5.25. The summed E-state index contributed by atoms with van der Waals surface area (Å²) in [6.07, 6.45) is 4.54. The van der Waals surface area contributed by atoms with Gasteiger partial charge in [-0.25, -0.2) is 0 Å². The number of hydrogen-bond donors (Lipinski definition) is 2. The van der Waals surface area contributed by atoms with E-state index in [2.05, 4.69) is 5.32 Å². The fourth-order valence-corrected chi connectivity index (χ4v) is 2.90. The minimum absolute atomic E-state index is 0.237. The maximum absolute atomic E-state index is 12.4. The molecule has 1 aromatic carbocycles. The van der Waals surface area contributed by atoms with Gasteiger partial charge < -0.3 is 10.4 Å². The van der Waals surface area contributed by atoms with Crippen LogP contribution in [0.3, 0.4) is 0 Å². The van der Waals surface area contributed by atoms with E-state index in [0.717, 1.165) is 5.56 Å². The van der Waals surface area contributed by atoms with Crippen LogP contribution in [0, 0.1) is 11.8 Å². The van der Waals surface area contributed by atoms with Crippen LogP contribution in [0.1, 0.15) is 31.4 Å². The third kappa shape index (κ3) is 3.64. The molecule has 3 atom stereocenters. The van der Waals surface area contributed by atoms with Crippen molar-refractivity contribution < 1.29 is 14.7 Å². The topological polar surface area (TPSA) is 66.4 Å². The summed E-state index contributed by atoms with van der Waals surface area (Å²) in [4.78, 5) is 23.6. The van der Waals surface area contributed by atoms with Crippen molar-refractivity contribution in [3.8, 4) is 0 Å². The molecule has 4 nitrogen and oxygen atoms in total. The normalized spacial score (nSPS) is 22.6. The fraction of sp³-hybridized carbons (Fsp3) is 0.375. The van der Waals surface area contributed by atoms with E-state index < -0.39 is 17.8 Å². The van der Waals surface area contributed by atoms with Crippen molar-refractivity contribution in [2.24, 2.45) is 11.8 Å². The Labute approximate surface area is 128 Å². The summed E-state index contributed by atoms with van der Waals surface area (Å²) in [5, 5.41) is 12.7. The number of halogens is 1. The number of allylic oxidation sites excluding steroid dienone is 2. The van der Waals surface area contributed by atoms with Gasteiger partial charge in [-0.1, -0.05) is 42.0 Å². The number of carbonyl (C=O) groups is 2. The molecule has 2 N–H and O–H groups in total. The van der Waals surface area contributed by atoms with Gasteiger partial charge in [0.05, 0.1) is 17.9 Å². The molecule has 0 bridgehead atoms. The predicted octanol–water partition coefficient (Wildman–Crippen LogP) is 3.18. The molecule has 1 aromatic rings. The van der Waals surface area contributed by atoms with E-state index in [1.807, 2.05) is 37.3 Å². The van der Waals surface area contributed by atoms with Crippen LogP contribution in [-0.4, -0.2) is 17.0 Å². The van der Waals surface area contributed by atoms with Crippen LogP contribution in [0.25, 0.3) is 0 Å². The average molecular weight is 308 g/mol. The summed E-state index contributed by atoms with van der Waals surface area (Å²) in [6, 6.07) is 7.04. The van der Waals surface area contributed by atoms with E-state index in [-0.39, 0.29) is 11.9 Å². The van der Waals surface area contributed by atoms with E-state index in [1.165, 1.54) is 0 Å². The molecule has 0 saturated carbocycles. The molecule has 1 aliphatic carbocycles. The van der Waals surface area contributed by atoms with E-state index in [0.29, 0.717) is 17.9 Å². The molecular weight excluding hydrogens is 290 g/mol. The summed E-state index contributed by atoms with van der Waals surface area (Å²) < 4.78 is 0. The van der Waals surface area contributed by atoms with Gasteiger partial charge in [-0.3, -0.25) is 9.59 Å². The molecule has 112 valence electrons. The molecular formula is C16H18ClNO3. The number of amides is 1. The van der Waals surface area contributed by atoms with E-state index >= 15 is 0 Å². The zero-order valence-electron chi connectivity index (χ0n) is 11.8. The highest BCUT2D eigenvalue weighted by molar-refractivity contribution is 6.31. The van der Waals surface area contributed by atoms with Crippen LogP contribution in [-0.2, 0) is 9.59 Å². The van der Waals surface area contributed by atoms with Crippen molar-refractivity contribution in [3.63, 3.8) is 0 Å². The van der Waals surface area contributed by atoms with Gasteiger partial charge in [0.2, 0.25) is 5.91 Å². The van der Waals surface area contributed by atoms with Crippen molar-refractivity contribution in [1.82, 2.24) is 5.32 Å². The molecule has 2 rings (SSSR count). The Morgan fingerprint density at radius 1 is 1.24 bits per heavy atom. The molecule has 1 unspecified atom stereocenters. The molecule has 1 amide bonds. The van der Waals surface area contributed by atoms with Gasteiger partial charge in [0.25, 0.3) is 0 Å². The molecule has 0 aromatic heterocycles. The number of carboxylic acid groups (broad SMARTS) is 1. The first-order valence-electron chi connectivity index (χ1n) is 6.93. The van der Waals surface area contributed by atoms with Crippen LogP contribution in [0.2, 0.25) is 5.02 Å². The maximum Gasteiger partial charge on any atom is 0.307 e. The lowest BCUT2D eigenvalue weighted by atomic mass is 9.82. The highest BCUT2D eigenvalue weighted by Gasteiger charge is 2.34. The Morgan fingerprint density at radius 3 is 2.48 bits per heavy atom. The van der Waals surface area contributed by atoms with Gasteiger partial charge in [0.15, 0.2) is 0 Å². The first-order valence-corrected chi connectivity index (χ1v) is 7.31. The fourth-order valence-electron chi connectivity index (χ4n) is 2.60. The summed E-state index contributed by atoms with van der Waals surface area (Å²) in [5.74, 6) is -2.35. The smallest absolute Gasteiger partial charge is 0.307 e. The van der Waals surface area contributed by atoms with Crippen molar-refractivity contribution >= 4 is 23.5 Å². The minimum Gasteiger partial charge on any atom is -0.481 e. The van der Waals surface area contributed by atoms with Gasteiger partial charge in [-0.15, -0.1) is 0 Å². The third-order valence-electron chi connectivity index (χ3n) is 3.82. The molecule has 0 spiro atoms. The van der Waals surface area contributed by atoms with Crippen molar-refractivity contribution in [2.45, 2.75) is 25.8 Å². The molecule has 5 heteroatoms. The predicted molar refractivity (Wildman–Crippen MR) is 81.0 cm³/mol. The Kier molecular flexibility index (Phi) is 5.02. The lowest BCUT2D eigenvalue weighted by molar-refractivity contribution is -0.147. The third-order valence-corrected chi connectivity index (χ3v) is 4.16. The number of aliphatic carboxylic acids is 1. The summed E-state index contributed by atoms with van der Waals surface area (Å²) in [7, 11) is 0. The molecule has 0 radical (unpaired) electrons. The standard InChI is InChI=1S/C16H18ClNO3/c1-10(11-6-4-5-9-14(11)17)18-15(19)12-7-2-3-8-13(12)16(20)21/h2-6,9-10,12-13H,7-8H2,1H3,(H,18,19)(H,20,21)/t10?,12-,13+/m1/s1.